The second-order valence-corrected chi connectivity index (χ2v) is 7.64. The number of carbonyl (C=O) groups excluding carboxylic acids is 2. The molecular formula is C24H28N2O6. The third-order valence-electron chi connectivity index (χ3n) is 5.40. The van der Waals surface area contributed by atoms with Crippen LogP contribution in [0.4, 0.5) is 0 Å². The second-order valence-electron chi connectivity index (χ2n) is 7.64. The molecule has 0 bridgehead atoms. The molecule has 1 saturated heterocycles. The van der Waals surface area contributed by atoms with Crippen molar-refractivity contribution in [3.63, 3.8) is 0 Å². The van der Waals surface area contributed by atoms with Crippen molar-refractivity contribution in [2.45, 2.75) is 6.04 Å². The van der Waals surface area contributed by atoms with Crippen molar-refractivity contribution in [1.29, 1.82) is 0 Å². The highest BCUT2D eigenvalue weighted by molar-refractivity contribution is 6.46. The van der Waals surface area contributed by atoms with Crippen LogP contribution in [0, 0.1) is 0 Å². The Morgan fingerprint density at radius 2 is 1.69 bits per heavy atom. The molecule has 0 unspecified atom stereocenters. The molecule has 1 atom stereocenters. The molecule has 0 saturated carbocycles. The van der Waals surface area contributed by atoms with E-state index in [1.54, 1.807) is 42.5 Å². The SMILES string of the molecule is COc1cccc(/C(O)=C2\C(=O)C(=O)N(CCN(C)C)[C@H]2c2cc(OC)ccc2OC)c1. The van der Waals surface area contributed by atoms with Gasteiger partial charge in [-0.1, -0.05) is 12.1 Å². The van der Waals surface area contributed by atoms with Crippen LogP contribution in [0.2, 0.25) is 0 Å². The van der Waals surface area contributed by atoms with Crippen LogP contribution < -0.4 is 14.2 Å². The Morgan fingerprint density at radius 1 is 1.00 bits per heavy atom. The Kier molecular flexibility index (Phi) is 7.05. The summed E-state index contributed by atoms with van der Waals surface area (Å²) in [6, 6.07) is 11.0. The van der Waals surface area contributed by atoms with Crippen LogP contribution in [0.25, 0.3) is 5.76 Å². The molecule has 3 rings (SSSR count). The molecule has 170 valence electrons. The molecule has 0 radical (unpaired) electrons. The maximum Gasteiger partial charge on any atom is 0.295 e. The van der Waals surface area contributed by atoms with Gasteiger partial charge in [0, 0.05) is 24.2 Å². The highest BCUT2D eigenvalue weighted by Gasteiger charge is 2.47. The molecule has 8 nitrogen and oxygen atoms in total. The van der Waals surface area contributed by atoms with Crippen LogP contribution in [-0.2, 0) is 9.59 Å². The van der Waals surface area contributed by atoms with Crippen LogP contribution in [-0.4, -0.2) is 75.1 Å². The summed E-state index contributed by atoms with van der Waals surface area (Å²) in [5, 5.41) is 11.2. The molecule has 1 heterocycles. The van der Waals surface area contributed by atoms with Gasteiger partial charge in [0.05, 0.1) is 32.9 Å². The van der Waals surface area contributed by atoms with E-state index >= 15 is 0 Å². The number of ether oxygens (including phenoxy) is 3. The number of likely N-dealkylation sites (N-methyl/N-ethyl adjacent to an activating group) is 1. The van der Waals surface area contributed by atoms with E-state index in [2.05, 4.69) is 0 Å². The van der Waals surface area contributed by atoms with E-state index in [9.17, 15) is 14.7 Å². The number of aliphatic hydroxyl groups excluding tert-OH is 1. The number of ketones is 1. The zero-order valence-electron chi connectivity index (χ0n) is 18.9. The fourth-order valence-electron chi connectivity index (χ4n) is 3.72. The van der Waals surface area contributed by atoms with Gasteiger partial charge in [-0.2, -0.15) is 0 Å². The van der Waals surface area contributed by atoms with Crippen LogP contribution in [0.15, 0.2) is 48.0 Å². The highest BCUT2D eigenvalue weighted by atomic mass is 16.5. The van der Waals surface area contributed by atoms with Gasteiger partial charge in [0.15, 0.2) is 0 Å². The minimum atomic E-state index is -0.841. The molecule has 32 heavy (non-hydrogen) atoms. The first-order valence-corrected chi connectivity index (χ1v) is 10.1. The van der Waals surface area contributed by atoms with E-state index in [1.807, 2.05) is 19.0 Å². The molecule has 0 aromatic heterocycles. The molecule has 8 heteroatoms. The molecule has 0 spiro atoms. The number of aliphatic hydroxyl groups is 1. The van der Waals surface area contributed by atoms with E-state index in [0.717, 1.165) is 0 Å². The third kappa shape index (κ3) is 4.40. The summed E-state index contributed by atoms with van der Waals surface area (Å²) in [6.45, 7) is 0.826. The Hall–Kier alpha value is -3.52. The lowest BCUT2D eigenvalue weighted by molar-refractivity contribution is -0.140. The van der Waals surface area contributed by atoms with Crippen LogP contribution in [0.1, 0.15) is 17.2 Å². The number of Topliss-reactive ketones (excluding diaryl/α,β-unsaturated/α-hetero) is 1. The van der Waals surface area contributed by atoms with E-state index in [0.29, 0.717) is 34.9 Å². The number of hydrogen-bond acceptors (Lipinski definition) is 7. The number of nitrogens with zero attached hydrogens (tertiary/aromatic N) is 2. The molecule has 1 N–H and O–H groups in total. The number of benzene rings is 2. The van der Waals surface area contributed by atoms with Gasteiger partial charge in [-0.25, -0.2) is 0 Å². The number of rotatable bonds is 8. The number of hydrogen-bond donors (Lipinski definition) is 1. The number of methoxy groups -OCH3 is 3. The number of amides is 1. The Balaban J connectivity index is 2.24. The second kappa shape index (κ2) is 9.74. The number of likely N-dealkylation sites (tertiary alicyclic amines) is 1. The summed E-state index contributed by atoms with van der Waals surface area (Å²) >= 11 is 0. The minimum Gasteiger partial charge on any atom is -0.507 e. The largest absolute Gasteiger partial charge is 0.507 e. The maximum absolute atomic E-state index is 13.1. The molecule has 1 amide bonds. The molecule has 1 aliphatic heterocycles. The highest BCUT2D eigenvalue weighted by Crippen LogP contribution is 2.43. The Labute approximate surface area is 187 Å². The van der Waals surface area contributed by atoms with Crippen molar-refractivity contribution in [2.75, 3.05) is 48.5 Å². The zero-order chi connectivity index (χ0) is 23.4. The topological polar surface area (TPSA) is 88.5 Å². The van der Waals surface area contributed by atoms with E-state index in [-0.39, 0.29) is 17.9 Å². The van der Waals surface area contributed by atoms with E-state index < -0.39 is 17.7 Å². The molecule has 0 aliphatic carbocycles. The summed E-state index contributed by atoms with van der Waals surface area (Å²) in [6.07, 6.45) is 0. The minimum absolute atomic E-state index is 0.00596. The molecule has 1 aliphatic rings. The van der Waals surface area contributed by atoms with Crippen molar-refractivity contribution in [3.8, 4) is 17.2 Å². The fourth-order valence-corrected chi connectivity index (χ4v) is 3.72. The summed E-state index contributed by atoms with van der Waals surface area (Å²) in [5.74, 6) is -0.162. The predicted molar refractivity (Wildman–Crippen MR) is 120 cm³/mol. The fraction of sp³-hybridized carbons (Fsp3) is 0.333. The third-order valence-corrected chi connectivity index (χ3v) is 5.40. The van der Waals surface area contributed by atoms with Gasteiger partial charge in [-0.05, 0) is 44.4 Å². The monoisotopic (exact) mass is 440 g/mol. The van der Waals surface area contributed by atoms with Gasteiger partial charge in [0.1, 0.15) is 23.0 Å². The van der Waals surface area contributed by atoms with Crippen LogP contribution in [0.5, 0.6) is 17.2 Å². The van der Waals surface area contributed by atoms with Crippen molar-refractivity contribution < 1.29 is 28.9 Å². The smallest absolute Gasteiger partial charge is 0.295 e. The normalized spacial score (nSPS) is 17.7. The Morgan fingerprint density at radius 3 is 2.31 bits per heavy atom. The lowest BCUT2D eigenvalue weighted by atomic mass is 9.94. The lowest BCUT2D eigenvalue weighted by Gasteiger charge is -2.28. The van der Waals surface area contributed by atoms with Crippen LogP contribution >= 0.6 is 0 Å². The Bertz CT molecular complexity index is 1050. The first-order chi connectivity index (χ1) is 15.3. The predicted octanol–water partition coefficient (Wildman–Crippen LogP) is 2.70. The lowest BCUT2D eigenvalue weighted by Crippen LogP contribution is -2.35. The van der Waals surface area contributed by atoms with Crippen molar-refractivity contribution in [2.24, 2.45) is 0 Å². The summed E-state index contributed by atoms with van der Waals surface area (Å²) in [4.78, 5) is 29.6. The van der Waals surface area contributed by atoms with Gasteiger partial charge in [0.25, 0.3) is 11.7 Å². The standard InChI is InChI=1S/C24H28N2O6/c1-25(2)11-12-26-21(18-14-17(31-4)9-10-19(18)32-5)20(23(28)24(26)29)22(27)15-7-6-8-16(13-15)30-3/h6-10,13-14,21,27H,11-12H2,1-5H3/b22-20+/t21-/m0/s1. The quantitative estimate of drug-likeness (QED) is 0.384. The summed E-state index contributed by atoms with van der Waals surface area (Å²) < 4.78 is 16.1. The van der Waals surface area contributed by atoms with Crippen molar-refractivity contribution in [3.05, 3.63) is 59.2 Å². The van der Waals surface area contributed by atoms with Gasteiger partial charge >= 0.3 is 0 Å². The van der Waals surface area contributed by atoms with Gasteiger partial charge in [-0.3, -0.25) is 9.59 Å². The average molecular weight is 440 g/mol. The van der Waals surface area contributed by atoms with Crippen molar-refractivity contribution >= 4 is 17.4 Å². The summed E-state index contributed by atoms with van der Waals surface area (Å²) in [7, 11) is 8.33. The molecule has 2 aromatic rings. The first kappa shape index (κ1) is 23.1. The molecule has 2 aromatic carbocycles. The van der Waals surface area contributed by atoms with Gasteiger partial charge in [-0.15, -0.1) is 0 Å². The van der Waals surface area contributed by atoms with Gasteiger partial charge < -0.3 is 29.1 Å². The van der Waals surface area contributed by atoms with Crippen LogP contribution in [0.3, 0.4) is 0 Å². The van der Waals surface area contributed by atoms with E-state index in [4.69, 9.17) is 14.2 Å². The first-order valence-electron chi connectivity index (χ1n) is 10.1. The summed E-state index contributed by atoms with van der Waals surface area (Å²) in [5.41, 5.74) is 0.921. The van der Waals surface area contributed by atoms with Crippen molar-refractivity contribution in [1.82, 2.24) is 9.80 Å². The number of carbonyl (C=O) groups is 2. The maximum atomic E-state index is 13.1. The molecular weight excluding hydrogens is 412 g/mol. The van der Waals surface area contributed by atoms with E-state index in [1.165, 1.54) is 26.2 Å². The zero-order valence-corrected chi connectivity index (χ0v) is 18.9. The average Bonchev–Trinajstić information content (AvgIpc) is 3.06. The van der Waals surface area contributed by atoms with Gasteiger partial charge in [0.2, 0.25) is 0 Å². The molecule has 1 fully saturated rings.